The van der Waals surface area contributed by atoms with Crippen molar-refractivity contribution in [1.82, 2.24) is 4.90 Å². The van der Waals surface area contributed by atoms with Crippen molar-refractivity contribution < 1.29 is 9.72 Å². The number of carbonyl (C=O) groups is 1. The van der Waals surface area contributed by atoms with Gasteiger partial charge >= 0.3 is 0 Å². The van der Waals surface area contributed by atoms with Crippen molar-refractivity contribution in [3.8, 4) is 0 Å². The summed E-state index contributed by atoms with van der Waals surface area (Å²) in [5.41, 5.74) is 2.30. The molecule has 0 N–H and O–H groups in total. The number of nitrogens with zero attached hydrogens (tertiary/aromatic N) is 3. The molecule has 25 heavy (non-hydrogen) atoms. The monoisotopic (exact) mass is 359 g/mol. The van der Waals surface area contributed by atoms with E-state index in [9.17, 15) is 14.9 Å². The summed E-state index contributed by atoms with van der Waals surface area (Å²) < 4.78 is 0. The molecule has 0 aliphatic carbocycles. The number of halogens is 1. The Hall–Kier alpha value is -2.60. The lowest BCUT2D eigenvalue weighted by atomic mass is 10.1. The molecule has 7 heteroatoms. The predicted molar refractivity (Wildman–Crippen MR) is 97.4 cm³/mol. The fraction of sp³-hybridized carbons (Fsp3) is 0.278. The van der Waals surface area contributed by atoms with E-state index in [4.69, 9.17) is 11.6 Å². The van der Waals surface area contributed by atoms with E-state index >= 15 is 0 Å². The fourth-order valence-electron chi connectivity index (χ4n) is 2.94. The van der Waals surface area contributed by atoms with Gasteiger partial charge in [0.05, 0.1) is 4.92 Å². The number of nitro groups is 1. The highest BCUT2D eigenvalue weighted by molar-refractivity contribution is 6.30. The molecule has 1 aliphatic heterocycles. The van der Waals surface area contributed by atoms with E-state index in [1.807, 2.05) is 36.1 Å². The van der Waals surface area contributed by atoms with Gasteiger partial charge in [-0.1, -0.05) is 29.3 Å². The molecule has 0 atom stereocenters. The van der Waals surface area contributed by atoms with E-state index < -0.39 is 4.92 Å². The highest BCUT2D eigenvalue weighted by Crippen LogP contribution is 2.31. The molecule has 130 valence electrons. The van der Waals surface area contributed by atoms with Crippen LogP contribution in [-0.4, -0.2) is 41.9 Å². The zero-order chi connectivity index (χ0) is 18.0. The molecule has 1 heterocycles. The Morgan fingerprint density at radius 1 is 1.08 bits per heavy atom. The third-order valence-electron chi connectivity index (χ3n) is 4.34. The Morgan fingerprint density at radius 3 is 2.32 bits per heavy atom. The smallest absolute Gasteiger partial charge is 0.294 e. The van der Waals surface area contributed by atoms with Crippen LogP contribution >= 0.6 is 11.6 Å². The molecule has 2 aromatic rings. The average molecular weight is 360 g/mol. The number of benzene rings is 2. The summed E-state index contributed by atoms with van der Waals surface area (Å²) >= 11 is 5.87. The first kappa shape index (κ1) is 17.2. The number of amides is 1. The predicted octanol–water partition coefficient (Wildman–Crippen LogP) is 3.52. The Kier molecular flexibility index (Phi) is 4.90. The molecule has 1 amide bonds. The first-order chi connectivity index (χ1) is 12.0. The topological polar surface area (TPSA) is 66.7 Å². The highest BCUT2D eigenvalue weighted by Gasteiger charge is 2.26. The largest absolute Gasteiger partial charge is 0.362 e. The molecule has 0 aromatic heterocycles. The van der Waals surface area contributed by atoms with Crippen LogP contribution in [0.4, 0.5) is 11.4 Å². The lowest BCUT2D eigenvalue weighted by molar-refractivity contribution is -0.384. The van der Waals surface area contributed by atoms with Gasteiger partial charge in [-0.3, -0.25) is 14.9 Å². The number of nitro benzene ring substituents is 1. The Balaban J connectivity index is 1.71. The maximum Gasteiger partial charge on any atom is 0.294 e. The van der Waals surface area contributed by atoms with E-state index in [-0.39, 0.29) is 11.6 Å². The quantitative estimate of drug-likeness (QED) is 0.621. The van der Waals surface area contributed by atoms with Gasteiger partial charge in [0.2, 0.25) is 0 Å². The third kappa shape index (κ3) is 3.74. The molecule has 1 fully saturated rings. The van der Waals surface area contributed by atoms with Gasteiger partial charge in [0, 0.05) is 42.8 Å². The zero-order valence-corrected chi connectivity index (χ0v) is 14.6. The summed E-state index contributed by atoms with van der Waals surface area (Å²) in [4.78, 5) is 27.1. The van der Waals surface area contributed by atoms with Crippen molar-refractivity contribution >= 4 is 28.9 Å². The van der Waals surface area contributed by atoms with Crippen molar-refractivity contribution in [3.63, 3.8) is 0 Å². The number of anilines is 1. The Morgan fingerprint density at radius 2 is 1.72 bits per heavy atom. The maximum absolute atomic E-state index is 12.6. The number of hydrogen-bond donors (Lipinski definition) is 0. The van der Waals surface area contributed by atoms with Crippen molar-refractivity contribution in [2.75, 3.05) is 31.1 Å². The van der Waals surface area contributed by atoms with E-state index in [1.165, 1.54) is 6.07 Å². The summed E-state index contributed by atoms with van der Waals surface area (Å²) in [5.74, 6) is -0.00902. The van der Waals surface area contributed by atoms with Crippen molar-refractivity contribution in [3.05, 3.63) is 68.7 Å². The second-order valence-corrected chi connectivity index (χ2v) is 6.47. The number of hydrogen-bond acceptors (Lipinski definition) is 4. The molecule has 0 bridgehead atoms. The molecule has 0 unspecified atom stereocenters. The second kappa shape index (κ2) is 7.11. The number of piperazine rings is 1. The number of carbonyl (C=O) groups excluding carboxylic acids is 1. The van der Waals surface area contributed by atoms with Crippen LogP contribution in [0.2, 0.25) is 5.02 Å². The first-order valence-electron chi connectivity index (χ1n) is 8.00. The second-order valence-electron chi connectivity index (χ2n) is 6.04. The van der Waals surface area contributed by atoms with Gasteiger partial charge in [-0.25, -0.2) is 0 Å². The minimum absolute atomic E-state index is 0.00851. The maximum atomic E-state index is 12.6. The van der Waals surface area contributed by atoms with Crippen LogP contribution in [0, 0.1) is 17.0 Å². The molecule has 2 aromatic carbocycles. The van der Waals surface area contributed by atoms with Crippen molar-refractivity contribution in [2.24, 2.45) is 0 Å². The van der Waals surface area contributed by atoms with Crippen molar-refractivity contribution in [1.29, 1.82) is 0 Å². The van der Waals surface area contributed by atoms with Gasteiger partial charge in [-0.05, 0) is 31.2 Å². The summed E-state index contributed by atoms with van der Waals surface area (Å²) in [7, 11) is 0. The van der Waals surface area contributed by atoms with Crippen LogP contribution in [0.25, 0.3) is 0 Å². The molecule has 6 nitrogen and oxygen atoms in total. The average Bonchev–Trinajstić information content (AvgIpc) is 2.62. The normalized spacial score (nSPS) is 14.5. The van der Waals surface area contributed by atoms with Crippen LogP contribution in [0.1, 0.15) is 15.9 Å². The van der Waals surface area contributed by atoms with E-state index in [1.54, 1.807) is 17.0 Å². The summed E-state index contributed by atoms with van der Waals surface area (Å²) in [6.45, 7) is 4.10. The van der Waals surface area contributed by atoms with Crippen molar-refractivity contribution in [2.45, 2.75) is 6.92 Å². The molecule has 0 saturated carbocycles. The summed E-state index contributed by atoms with van der Waals surface area (Å²) in [5, 5.41) is 11.6. The molecular formula is C18H18ClN3O3. The highest BCUT2D eigenvalue weighted by atomic mass is 35.5. The van der Waals surface area contributed by atoms with Gasteiger partial charge in [-0.15, -0.1) is 0 Å². The minimum Gasteiger partial charge on any atom is -0.362 e. The summed E-state index contributed by atoms with van der Waals surface area (Å²) in [6, 6.07) is 12.2. The Labute approximate surface area is 150 Å². The van der Waals surface area contributed by atoms with Crippen LogP contribution in [0.5, 0.6) is 0 Å². The number of rotatable bonds is 3. The van der Waals surface area contributed by atoms with Gasteiger partial charge in [0.25, 0.3) is 11.6 Å². The molecule has 1 aliphatic rings. The van der Waals surface area contributed by atoms with E-state index in [2.05, 4.69) is 0 Å². The molecule has 0 spiro atoms. The standard InChI is InChI=1S/C18H18ClN3O3/c1-13-2-4-14(5-3-13)18(23)21-10-8-20(9-11-21)16-7-6-15(19)12-17(16)22(24)25/h2-7,12H,8-11H2,1H3. The van der Waals surface area contributed by atoms with E-state index in [0.717, 1.165) is 5.56 Å². The van der Waals surface area contributed by atoms with Crippen LogP contribution in [0.3, 0.4) is 0 Å². The van der Waals surface area contributed by atoms with Gasteiger partial charge in [0.1, 0.15) is 5.69 Å². The fourth-order valence-corrected chi connectivity index (χ4v) is 3.11. The molecule has 0 radical (unpaired) electrons. The van der Waals surface area contributed by atoms with Crippen LogP contribution in [-0.2, 0) is 0 Å². The minimum atomic E-state index is -0.426. The van der Waals surface area contributed by atoms with E-state index in [0.29, 0.717) is 42.5 Å². The third-order valence-corrected chi connectivity index (χ3v) is 4.58. The van der Waals surface area contributed by atoms with Crippen LogP contribution < -0.4 is 4.90 Å². The Bertz CT molecular complexity index is 800. The molecule has 1 saturated heterocycles. The number of aryl methyl sites for hydroxylation is 1. The van der Waals surface area contributed by atoms with Gasteiger partial charge in [-0.2, -0.15) is 0 Å². The van der Waals surface area contributed by atoms with Crippen LogP contribution in [0.15, 0.2) is 42.5 Å². The molecule has 3 rings (SSSR count). The molecular weight excluding hydrogens is 342 g/mol. The zero-order valence-electron chi connectivity index (χ0n) is 13.8. The lowest BCUT2D eigenvalue weighted by Gasteiger charge is -2.35. The lowest BCUT2D eigenvalue weighted by Crippen LogP contribution is -2.48. The first-order valence-corrected chi connectivity index (χ1v) is 8.38. The SMILES string of the molecule is Cc1ccc(C(=O)N2CCN(c3ccc(Cl)cc3[N+](=O)[O-])CC2)cc1. The summed E-state index contributed by atoms with van der Waals surface area (Å²) in [6.07, 6.45) is 0. The van der Waals surface area contributed by atoms with Gasteiger partial charge < -0.3 is 9.80 Å². The van der Waals surface area contributed by atoms with Gasteiger partial charge in [0.15, 0.2) is 0 Å².